The van der Waals surface area contributed by atoms with Crippen molar-refractivity contribution >= 4 is 43.9 Å². The maximum atomic E-state index is 8.03. The van der Waals surface area contributed by atoms with Crippen molar-refractivity contribution in [3.8, 4) is 0 Å². The van der Waals surface area contributed by atoms with Crippen molar-refractivity contribution in [1.29, 1.82) is 0 Å². The maximum absolute atomic E-state index is 8.03. The van der Waals surface area contributed by atoms with Crippen molar-refractivity contribution in [2.75, 3.05) is 0 Å². The van der Waals surface area contributed by atoms with Crippen LogP contribution in [0.15, 0.2) is 30.9 Å². The third kappa shape index (κ3) is 19.8. The van der Waals surface area contributed by atoms with Crippen molar-refractivity contribution in [3.63, 3.8) is 0 Å². The molecule has 0 saturated heterocycles. The zero-order valence-electron chi connectivity index (χ0n) is 15.1. The normalized spacial score (nSPS) is 13.4. The molecule has 0 aliphatic rings. The van der Waals surface area contributed by atoms with E-state index in [1.165, 1.54) is 41.5 Å². The molecule has 0 heterocycles. The summed E-state index contributed by atoms with van der Waals surface area (Å²) in [5.74, 6) is 0. The van der Waals surface area contributed by atoms with Crippen LogP contribution in [0.2, 0.25) is 0 Å². The van der Waals surface area contributed by atoms with E-state index in [0.717, 1.165) is 0 Å². The molecule has 0 aromatic carbocycles. The van der Waals surface area contributed by atoms with Crippen LogP contribution in [0.1, 0.15) is 41.5 Å². The van der Waals surface area contributed by atoms with Gasteiger partial charge in [0.2, 0.25) is 0 Å². The summed E-state index contributed by atoms with van der Waals surface area (Å²) in [5, 5.41) is 64.9. The summed E-state index contributed by atoms with van der Waals surface area (Å²) >= 11 is 1.62. The SMILES string of the molecule is CC(=NO)C(C)=NO.CC(=NO)C(C)=NO.CC(=NO)C(C)=NO.[Cl][Tc]. The van der Waals surface area contributed by atoms with Crippen molar-refractivity contribution < 1.29 is 49.1 Å². The number of nitrogens with zero attached hydrogens (tertiary/aromatic N) is 6. The molecule has 0 radical (unpaired) electrons. The van der Waals surface area contributed by atoms with E-state index in [9.17, 15) is 0 Å². The van der Waals surface area contributed by atoms with E-state index in [1.54, 1.807) is 17.9 Å². The van der Waals surface area contributed by atoms with Crippen LogP contribution in [-0.4, -0.2) is 65.5 Å². The first kappa shape index (κ1) is 31.5. The third-order valence-corrected chi connectivity index (χ3v) is 2.47. The second-order valence-electron chi connectivity index (χ2n) is 4.11. The quantitative estimate of drug-likeness (QED) is 0.203. The molecule has 152 valence electrons. The monoisotopic (exact) mass is 480 g/mol. The molecule has 0 fully saturated rings. The van der Waals surface area contributed by atoms with Gasteiger partial charge in [0.15, 0.2) is 0 Å². The summed E-state index contributed by atoms with van der Waals surface area (Å²) in [4.78, 5) is 0. The summed E-state index contributed by atoms with van der Waals surface area (Å²) in [5.41, 5.74) is 1.88. The average molecular weight is 482 g/mol. The molecule has 0 aromatic heterocycles. The average Bonchev–Trinajstić information content (AvgIpc) is 2.72. The molecule has 0 rings (SSSR count). The van der Waals surface area contributed by atoms with Gasteiger partial charge in [-0.3, -0.25) is 0 Å². The predicted octanol–water partition coefficient (Wildman–Crippen LogP) is 2.75. The van der Waals surface area contributed by atoms with Gasteiger partial charge in [-0.15, -0.1) is 0 Å². The van der Waals surface area contributed by atoms with Crippen molar-refractivity contribution in [2.45, 2.75) is 41.5 Å². The van der Waals surface area contributed by atoms with Gasteiger partial charge in [0.25, 0.3) is 0 Å². The first-order valence-electron chi connectivity index (χ1n) is 6.43. The van der Waals surface area contributed by atoms with Gasteiger partial charge in [-0.2, -0.15) is 0 Å². The van der Waals surface area contributed by atoms with E-state index in [1.807, 2.05) is 0 Å². The van der Waals surface area contributed by atoms with Crippen LogP contribution in [0.4, 0.5) is 0 Å². The molecule has 0 unspecified atom stereocenters. The van der Waals surface area contributed by atoms with Crippen LogP contribution in [-0.2, 0) is 17.9 Å². The number of halogens is 1. The molecule has 0 aliphatic heterocycles. The molecule has 0 aliphatic carbocycles. The molecule has 0 spiro atoms. The van der Waals surface area contributed by atoms with E-state index in [2.05, 4.69) is 40.5 Å². The zero-order chi connectivity index (χ0) is 21.7. The number of hydrogen-bond acceptors (Lipinski definition) is 12. The summed E-state index contributed by atoms with van der Waals surface area (Å²) in [7, 11) is 4.61. The van der Waals surface area contributed by atoms with E-state index < -0.39 is 0 Å². The Balaban J connectivity index is -0.000000133. The van der Waals surface area contributed by atoms with Crippen LogP contribution in [0, 0.1) is 0 Å². The van der Waals surface area contributed by atoms with Gasteiger partial charge in [-0.1, -0.05) is 30.9 Å². The standard InChI is InChI=1S/3C4H8N2O2.ClH.Tc/c3*1-3(5-7)4(2)6-8;;/h3*7-8H,1-2H3;1H;/q;;;;+1/p-1. The van der Waals surface area contributed by atoms with Crippen LogP contribution in [0.5, 0.6) is 0 Å². The molecule has 12 nitrogen and oxygen atoms in total. The minimum atomic E-state index is 0.313. The molecule has 0 atom stereocenters. The van der Waals surface area contributed by atoms with Gasteiger partial charge in [-0.25, -0.2) is 0 Å². The van der Waals surface area contributed by atoms with Crippen LogP contribution in [0.3, 0.4) is 0 Å². The first-order valence-corrected chi connectivity index (χ1v) is 8.83. The van der Waals surface area contributed by atoms with Crippen molar-refractivity contribution in [1.82, 2.24) is 0 Å². The van der Waals surface area contributed by atoms with Gasteiger partial charge in [-0.05, 0) is 41.5 Å². The molecule has 6 N–H and O–H groups in total. The molecule has 26 heavy (non-hydrogen) atoms. The zero-order valence-corrected chi connectivity index (χ0v) is 17.7. The van der Waals surface area contributed by atoms with Crippen molar-refractivity contribution in [3.05, 3.63) is 0 Å². The Bertz CT molecular complexity index is 424. The molecule has 0 amide bonds. The van der Waals surface area contributed by atoms with Crippen molar-refractivity contribution in [2.24, 2.45) is 30.9 Å². The Morgan fingerprint density at radius 1 is 0.423 bits per heavy atom. The summed E-state index contributed by atoms with van der Waals surface area (Å²) in [6.07, 6.45) is 0. The summed E-state index contributed by atoms with van der Waals surface area (Å²) in [6, 6.07) is 0. The molecule has 0 bridgehead atoms. The van der Waals surface area contributed by atoms with E-state index in [4.69, 9.17) is 31.2 Å². The molecular weight excluding hydrogens is 458 g/mol. The van der Waals surface area contributed by atoms with Gasteiger partial charge in [0.05, 0.1) is 0 Å². The Morgan fingerprint density at radius 2 is 0.500 bits per heavy atom. The van der Waals surface area contributed by atoms with E-state index in [0.29, 0.717) is 34.3 Å². The number of oxime groups is 6. The minimum absolute atomic E-state index is 0.313. The Labute approximate surface area is 165 Å². The predicted molar refractivity (Wildman–Crippen MR) is 95.2 cm³/mol. The number of rotatable bonds is 3. The van der Waals surface area contributed by atoms with Gasteiger partial charge >= 0.3 is 27.5 Å². The van der Waals surface area contributed by atoms with Crippen LogP contribution in [0.25, 0.3) is 0 Å². The van der Waals surface area contributed by atoms with Gasteiger partial charge < -0.3 is 31.2 Å². The Kier molecular flexibility index (Phi) is 27.6. The summed E-state index contributed by atoms with van der Waals surface area (Å²) in [6.45, 7) is 9.22. The first-order chi connectivity index (χ1) is 12.2. The fourth-order valence-corrected chi connectivity index (χ4v) is 0.434. The summed E-state index contributed by atoms with van der Waals surface area (Å²) < 4.78 is 0. The van der Waals surface area contributed by atoms with E-state index in [-0.39, 0.29) is 0 Å². The second-order valence-corrected chi connectivity index (χ2v) is 4.11. The fourth-order valence-electron chi connectivity index (χ4n) is 0.434. The number of hydrogen-bond donors (Lipinski definition) is 6. The topological polar surface area (TPSA) is 196 Å². The van der Waals surface area contributed by atoms with Gasteiger partial charge in [0, 0.05) is 0 Å². The van der Waals surface area contributed by atoms with Crippen LogP contribution < -0.4 is 0 Å². The molecule has 14 heteroatoms. The molecule has 0 aromatic rings. The second kappa shape index (κ2) is 22.8. The van der Waals surface area contributed by atoms with Gasteiger partial charge in [0.1, 0.15) is 34.3 Å². The molecule has 0 saturated carbocycles. The van der Waals surface area contributed by atoms with E-state index >= 15 is 0 Å². The molecular formula is C12H24ClN6O6Tc. The third-order valence-electron chi connectivity index (χ3n) is 2.47. The Morgan fingerprint density at radius 3 is 0.538 bits per heavy atom. The van der Waals surface area contributed by atoms with Crippen LogP contribution >= 0.6 is 9.58 Å². The Hall–Kier alpha value is -2.24. The fraction of sp³-hybridized carbons (Fsp3) is 0.500.